The van der Waals surface area contributed by atoms with Crippen LogP contribution in [-0.4, -0.2) is 25.8 Å². The lowest BCUT2D eigenvalue weighted by Crippen LogP contribution is -1.93. The molecule has 24 heavy (non-hydrogen) atoms. The van der Waals surface area contributed by atoms with E-state index >= 15 is 0 Å². The fourth-order valence-electron chi connectivity index (χ4n) is 2.65. The van der Waals surface area contributed by atoms with Crippen LogP contribution in [-0.2, 0) is 4.79 Å². The van der Waals surface area contributed by atoms with Gasteiger partial charge in [-0.2, -0.15) is 0 Å². The van der Waals surface area contributed by atoms with E-state index < -0.39 is 14.6 Å². The van der Waals surface area contributed by atoms with Crippen LogP contribution < -0.4 is 0 Å². The summed E-state index contributed by atoms with van der Waals surface area (Å²) in [6, 6.07) is 0. The minimum absolute atomic E-state index is 0.345. The molecule has 0 aromatic rings. The van der Waals surface area contributed by atoms with Crippen LogP contribution >= 0.6 is 8.60 Å². The third-order valence-corrected chi connectivity index (χ3v) is 3.99. The molecule has 0 heterocycles. The molecule has 0 spiro atoms. The van der Waals surface area contributed by atoms with Gasteiger partial charge in [-0.25, -0.2) is 0 Å². The van der Waals surface area contributed by atoms with Gasteiger partial charge in [-0.05, 0) is 6.42 Å². The van der Waals surface area contributed by atoms with Crippen molar-refractivity contribution in [1.29, 1.82) is 0 Å². The van der Waals surface area contributed by atoms with Gasteiger partial charge in [0.1, 0.15) is 0 Å². The van der Waals surface area contributed by atoms with Gasteiger partial charge in [0.05, 0.1) is 0 Å². The number of carbonyl (C=O) groups is 1. The first-order chi connectivity index (χ1) is 11.5. The number of carboxylic acids is 1. The molecule has 0 aromatic carbocycles. The maximum atomic E-state index is 10.3. The quantitative estimate of drug-likeness (QED) is 0.213. The van der Waals surface area contributed by atoms with Crippen LogP contribution in [0, 0.1) is 0 Å². The molecule has 0 aliphatic carbocycles. The molecule has 0 radical (unpaired) electrons. The van der Waals surface area contributed by atoms with Gasteiger partial charge >= 0.3 is 14.6 Å². The Balaban J connectivity index is 0. The topological polar surface area (TPSA) is 98.0 Å². The summed E-state index contributed by atoms with van der Waals surface area (Å²) < 4.78 is 0. The number of rotatable bonds is 16. The number of unbranched alkanes of at least 4 members (excludes halogenated alkanes) is 14. The summed E-state index contributed by atoms with van der Waals surface area (Å²) in [4.78, 5) is 32.0. The van der Waals surface area contributed by atoms with Crippen molar-refractivity contribution in [3.05, 3.63) is 0 Å². The molecule has 6 heteroatoms. The molecular formula is C18H39O5P. The zero-order chi connectivity index (χ0) is 18.5. The predicted molar refractivity (Wildman–Crippen MR) is 101 cm³/mol. The first-order valence-electron chi connectivity index (χ1n) is 9.59. The normalized spacial score (nSPS) is 10.5. The zero-order valence-corrected chi connectivity index (χ0v) is 16.4. The molecule has 0 aliphatic rings. The van der Waals surface area contributed by atoms with Gasteiger partial charge in [-0.15, -0.1) is 0 Å². The van der Waals surface area contributed by atoms with E-state index in [4.69, 9.17) is 19.8 Å². The molecule has 0 atom stereocenters. The van der Waals surface area contributed by atoms with Crippen molar-refractivity contribution in [3.8, 4) is 0 Å². The monoisotopic (exact) mass is 366 g/mol. The third kappa shape index (κ3) is 33.4. The smallest absolute Gasteiger partial charge is 0.324 e. The van der Waals surface area contributed by atoms with Crippen molar-refractivity contribution >= 4 is 14.6 Å². The Labute approximate surface area is 149 Å². The minimum Gasteiger partial charge on any atom is -0.481 e. The average molecular weight is 366 g/mol. The van der Waals surface area contributed by atoms with Crippen LogP contribution in [0.4, 0.5) is 0 Å². The van der Waals surface area contributed by atoms with Gasteiger partial charge in [0.15, 0.2) is 0 Å². The molecule has 0 saturated heterocycles. The van der Waals surface area contributed by atoms with Gasteiger partial charge in [0, 0.05) is 6.42 Å². The fourth-order valence-corrected chi connectivity index (χ4v) is 2.65. The van der Waals surface area contributed by atoms with E-state index in [1.807, 2.05) is 0 Å². The second kappa shape index (κ2) is 22.8. The summed E-state index contributed by atoms with van der Waals surface area (Å²) in [5, 5.41) is 8.52. The van der Waals surface area contributed by atoms with E-state index in [2.05, 4.69) is 6.92 Å². The molecule has 0 amide bonds. The van der Waals surface area contributed by atoms with Crippen molar-refractivity contribution in [3.63, 3.8) is 0 Å². The maximum Gasteiger partial charge on any atom is 0.324 e. The number of hydrogen-bond donors (Lipinski definition) is 4. The molecule has 0 aliphatic heterocycles. The predicted octanol–water partition coefficient (Wildman–Crippen LogP) is 5.52. The molecule has 0 aromatic heterocycles. The fraction of sp³-hybridized carbons (Fsp3) is 0.944. The molecule has 0 saturated carbocycles. The lowest BCUT2D eigenvalue weighted by Gasteiger charge is -2.03. The molecule has 0 rings (SSSR count). The van der Waals surface area contributed by atoms with Gasteiger partial charge in [-0.1, -0.05) is 96.8 Å². The molecule has 4 N–H and O–H groups in total. The molecule has 0 unspecified atom stereocenters. The van der Waals surface area contributed by atoms with Crippen LogP contribution in [0.25, 0.3) is 0 Å². The highest BCUT2D eigenvalue weighted by molar-refractivity contribution is 7.38. The summed E-state index contributed by atoms with van der Waals surface area (Å²) in [7, 11) is -2.62. The highest BCUT2D eigenvalue weighted by atomic mass is 31.2. The molecule has 5 nitrogen and oxygen atoms in total. The van der Waals surface area contributed by atoms with E-state index in [1.165, 1.54) is 83.5 Å². The zero-order valence-electron chi connectivity index (χ0n) is 15.5. The van der Waals surface area contributed by atoms with Crippen LogP contribution in [0.1, 0.15) is 110 Å². The standard InChI is InChI=1S/C18H36O2.H3O3P/c1-2-3-4-5-6-7-8-9-10-11-12-13-14-15-16-17-18(19)20;1-4(2)3/h2-17H2,1H3,(H,19,20);1-3H. The summed E-state index contributed by atoms with van der Waals surface area (Å²) in [6.45, 7) is 2.27. The van der Waals surface area contributed by atoms with Crippen molar-refractivity contribution in [2.45, 2.75) is 110 Å². The van der Waals surface area contributed by atoms with Crippen LogP contribution in [0.5, 0.6) is 0 Å². The van der Waals surface area contributed by atoms with Gasteiger partial charge in [0.25, 0.3) is 0 Å². The van der Waals surface area contributed by atoms with Crippen molar-refractivity contribution < 1.29 is 24.6 Å². The Morgan fingerprint density at radius 3 is 1.12 bits per heavy atom. The van der Waals surface area contributed by atoms with Crippen LogP contribution in [0.3, 0.4) is 0 Å². The van der Waals surface area contributed by atoms with Crippen molar-refractivity contribution in [2.24, 2.45) is 0 Å². The number of aliphatic carboxylic acids is 1. The number of hydrogen-bond acceptors (Lipinski definition) is 4. The summed E-state index contributed by atoms with van der Waals surface area (Å²) in [5.41, 5.74) is 0. The van der Waals surface area contributed by atoms with Gasteiger partial charge < -0.3 is 19.8 Å². The Kier molecular flexibility index (Phi) is 24.7. The van der Waals surface area contributed by atoms with E-state index in [1.54, 1.807) is 0 Å². The first kappa shape index (κ1) is 26.0. The van der Waals surface area contributed by atoms with E-state index in [0.29, 0.717) is 6.42 Å². The lowest BCUT2D eigenvalue weighted by molar-refractivity contribution is -0.137. The van der Waals surface area contributed by atoms with Crippen molar-refractivity contribution in [1.82, 2.24) is 0 Å². The van der Waals surface area contributed by atoms with Crippen molar-refractivity contribution in [2.75, 3.05) is 0 Å². The third-order valence-electron chi connectivity index (χ3n) is 3.99. The Hall–Kier alpha value is -0.220. The highest BCUT2D eigenvalue weighted by Crippen LogP contribution is 2.13. The molecular weight excluding hydrogens is 327 g/mol. The van der Waals surface area contributed by atoms with E-state index in [0.717, 1.165) is 12.8 Å². The molecule has 146 valence electrons. The summed E-state index contributed by atoms with van der Waals surface area (Å²) in [6.07, 6.45) is 20.2. The summed E-state index contributed by atoms with van der Waals surface area (Å²) >= 11 is 0. The second-order valence-electron chi connectivity index (χ2n) is 6.36. The van der Waals surface area contributed by atoms with E-state index in [9.17, 15) is 4.79 Å². The van der Waals surface area contributed by atoms with Gasteiger partial charge in [0.2, 0.25) is 0 Å². The Morgan fingerprint density at radius 1 is 0.625 bits per heavy atom. The summed E-state index contributed by atoms with van der Waals surface area (Å²) in [5.74, 6) is -0.653. The first-order valence-corrected chi connectivity index (χ1v) is 10.8. The molecule has 0 bridgehead atoms. The Bertz CT molecular complexity index is 247. The van der Waals surface area contributed by atoms with E-state index in [-0.39, 0.29) is 0 Å². The van der Waals surface area contributed by atoms with Crippen LogP contribution in [0.15, 0.2) is 0 Å². The average Bonchev–Trinajstić information content (AvgIpc) is 2.50. The number of carboxylic acid groups (broad SMARTS) is 1. The van der Waals surface area contributed by atoms with Crippen LogP contribution in [0.2, 0.25) is 0 Å². The Morgan fingerprint density at radius 2 is 0.875 bits per heavy atom. The minimum atomic E-state index is -2.62. The molecule has 0 fully saturated rings. The largest absolute Gasteiger partial charge is 0.481 e. The highest BCUT2D eigenvalue weighted by Gasteiger charge is 1.97. The van der Waals surface area contributed by atoms with Gasteiger partial charge in [-0.3, -0.25) is 4.79 Å². The maximum absolute atomic E-state index is 10.3. The SMILES string of the molecule is CCCCCCCCCCCCCCCCCC(=O)O.OP(O)O. The lowest BCUT2D eigenvalue weighted by atomic mass is 10.0. The second-order valence-corrected chi connectivity index (χ2v) is 6.90.